The fourth-order valence-corrected chi connectivity index (χ4v) is 5.85. The van der Waals surface area contributed by atoms with Crippen molar-refractivity contribution in [2.75, 3.05) is 44.2 Å². The number of hydrazine groups is 1. The van der Waals surface area contributed by atoms with E-state index in [1.807, 2.05) is 0 Å². The monoisotopic (exact) mass is 457 g/mol. The van der Waals surface area contributed by atoms with Crippen molar-refractivity contribution in [3.8, 4) is 0 Å². The molecule has 4 aliphatic rings. The molecule has 1 saturated carbocycles. The zero-order valence-electron chi connectivity index (χ0n) is 20.0. The number of nitrogens with zero attached hydrogens (tertiary/aromatic N) is 2. The molecule has 0 radical (unpaired) electrons. The Bertz CT molecular complexity index is 826. The van der Waals surface area contributed by atoms with Gasteiger partial charge in [0, 0.05) is 57.1 Å². The Morgan fingerprint density at radius 2 is 1.91 bits per heavy atom. The first-order valence-corrected chi connectivity index (χ1v) is 12.7. The maximum atomic E-state index is 12.2. The van der Waals surface area contributed by atoms with Gasteiger partial charge >= 0.3 is 6.09 Å². The fraction of sp³-hybridized carbons (Fsp3) is 0.720. The van der Waals surface area contributed by atoms with Crippen molar-refractivity contribution in [3.63, 3.8) is 0 Å². The molecule has 1 aliphatic carbocycles. The van der Waals surface area contributed by atoms with Crippen LogP contribution >= 0.6 is 0 Å². The van der Waals surface area contributed by atoms with Crippen molar-refractivity contribution >= 4 is 11.8 Å². The number of fused-ring (bicyclic) bond motifs is 4. The van der Waals surface area contributed by atoms with E-state index >= 15 is 0 Å². The van der Waals surface area contributed by atoms with E-state index < -0.39 is 0 Å². The van der Waals surface area contributed by atoms with Crippen molar-refractivity contribution in [2.24, 2.45) is 5.92 Å². The number of amides is 1. The minimum Gasteiger partial charge on any atom is -0.445 e. The number of anilines is 1. The number of hydrogen-bond donors (Lipinski definition) is 3. The number of piperazine rings is 1. The molecular formula is C25H39N5O3. The first-order valence-electron chi connectivity index (χ1n) is 12.7. The number of benzene rings is 1. The lowest BCUT2D eigenvalue weighted by atomic mass is 9.78. The third-order valence-electron chi connectivity index (χ3n) is 7.79. The van der Waals surface area contributed by atoms with E-state index in [1.165, 1.54) is 11.3 Å². The van der Waals surface area contributed by atoms with Crippen LogP contribution in [0.1, 0.15) is 56.7 Å². The van der Waals surface area contributed by atoms with Gasteiger partial charge in [-0.15, -0.1) is 0 Å². The molecule has 4 unspecified atom stereocenters. The van der Waals surface area contributed by atoms with Crippen LogP contribution in [0.15, 0.2) is 18.2 Å². The van der Waals surface area contributed by atoms with Crippen LogP contribution in [0.25, 0.3) is 0 Å². The number of ether oxygens (including phenoxy) is 2. The molecule has 1 amide bonds. The van der Waals surface area contributed by atoms with E-state index in [0.29, 0.717) is 37.3 Å². The van der Waals surface area contributed by atoms with Crippen LogP contribution in [0.4, 0.5) is 10.5 Å². The first-order chi connectivity index (χ1) is 16.1. The summed E-state index contributed by atoms with van der Waals surface area (Å²) < 4.78 is 11.8. The summed E-state index contributed by atoms with van der Waals surface area (Å²) >= 11 is 0. The largest absolute Gasteiger partial charge is 0.445 e. The van der Waals surface area contributed by atoms with Crippen LogP contribution < -0.4 is 21.1 Å². The summed E-state index contributed by atoms with van der Waals surface area (Å²) in [6.07, 6.45) is 4.01. The number of cyclic esters (lactones) is 1. The average Bonchev–Trinajstić information content (AvgIpc) is 3.25. The van der Waals surface area contributed by atoms with Gasteiger partial charge in [0.2, 0.25) is 0 Å². The van der Waals surface area contributed by atoms with E-state index in [0.717, 1.165) is 57.4 Å². The molecule has 4 bridgehead atoms. The van der Waals surface area contributed by atoms with E-state index in [1.54, 1.807) is 0 Å². The summed E-state index contributed by atoms with van der Waals surface area (Å²) in [4.78, 5) is 17.2. The third kappa shape index (κ3) is 5.29. The summed E-state index contributed by atoms with van der Waals surface area (Å²) in [7, 11) is 0. The first kappa shape index (κ1) is 22.9. The molecule has 8 nitrogen and oxygen atoms in total. The van der Waals surface area contributed by atoms with Gasteiger partial charge in [-0.25, -0.2) is 10.2 Å². The average molecular weight is 458 g/mol. The molecular weight excluding hydrogens is 418 g/mol. The molecule has 3 fully saturated rings. The zero-order valence-corrected chi connectivity index (χ0v) is 20.0. The van der Waals surface area contributed by atoms with E-state index in [9.17, 15) is 4.79 Å². The molecule has 33 heavy (non-hydrogen) atoms. The topological polar surface area (TPSA) is 78.1 Å². The molecule has 3 aliphatic heterocycles. The Kier molecular flexibility index (Phi) is 7.06. The van der Waals surface area contributed by atoms with Crippen molar-refractivity contribution < 1.29 is 14.3 Å². The quantitative estimate of drug-likeness (QED) is 0.630. The second kappa shape index (κ2) is 10.2. The SMILES string of the molecule is CC(C)N1CCN(c2cc3cc(c2)C2NNC4CCC(CC42)OCCCNC(=O)OC3)CC1. The van der Waals surface area contributed by atoms with E-state index in [-0.39, 0.29) is 18.7 Å². The number of alkyl carbamates (subject to hydrolysis) is 1. The molecule has 8 heteroatoms. The van der Waals surface area contributed by atoms with Crippen LogP contribution in [0.2, 0.25) is 0 Å². The predicted octanol–water partition coefficient (Wildman–Crippen LogP) is 2.55. The number of rotatable bonds is 2. The lowest BCUT2D eigenvalue weighted by molar-refractivity contribution is 0.00716. The van der Waals surface area contributed by atoms with Crippen LogP contribution in [0.5, 0.6) is 0 Å². The molecule has 182 valence electrons. The highest BCUT2D eigenvalue weighted by Gasteiger charge is 2.41. The summed E-state index contributed by atoms with van der Waals surface area (Å²) in [5.41, 5.74) is 10.7. The Labute approximate surface area is 197 Å². The molecule has 0 spiro atoms. The standard InChI is InChI=1S/C25H39N5O3/c1-17(2)29-7-9-30(10-8-29)20-13-18-12-19(14-20)24-22-15-21(4-5-23(22)27-28-24)32-11-3-6-26-25(31)33-16-18/h12-14,17,21-24,27-28H,3-11,15-16H2,1-2H3,(H,26,31). The lowest BCUT2D eigenvalue weighted by Gasteiger charge is -2.38. The Hall–Kier alpha value is -1.87. The van der Waals surface area contributed by atoms with Gasteiger partial charge in [0.05, 0.1) is 12.1 Å². The van der Waals surface area contributed by atoms with Crippen molar-refractivity contribution in [1.29, 1.82) is 0 Å². The number of carbonyl (C=O) groups excluding carboxylic acids is 1. The zero-order chi connectivity index (χ0) is 22.8. The Morgan fingerprint density at radius 3 is 2.73 bits per heavy atom. The van der Waals surface area contributed by atoms with Gasteiger partial charge in [-0.3, -0.25) is 10.3 Å². The number of hydrogen-bond acceptors (Lipinski definition) is 7. The molecule has 5 rings (SSSR count). The van der Waals surface area contributed by atoms with Gasteiger partial charge in [0.15, 0.2) is 0 Å². The highest BCUT2D eigenvalue weighted by atomic mass is 16.5. The van der Waals surface area contributed by atoms with Crippen LogP contribution in [-0.4, -0.2) is 68.5 Å². The van der Waals surface area contributed by atoms with E-state index in [2.05, 4.69) is 58.0 Å². The molecule has 3 N–H and O–H groups in total. The highest BCUT2D eigenvalue weighted by Crippen LogP contribution is 2.40. The summed E-state index contributed by atoms with van der Waals surface area (Å²) in [6, 6.07) is 8.05. The van der Waals surface area contributed by atoms with Crippen LogP contribution in [0.3, 0.4) is 0 Å². The second-order valence-corrected chi connectivity index (χ2v) is 10.2. The fourth-order valence-electron chi connectivity index (χ4n) is 5.85. The lowest BCUT2D eigenvalue weighted by Crippen LogP contribution is -2.49. The van der Waals surface area contributed by atoms with Gasteiger partial charge in [0.25, 0.3) is 0 Å². The van der Waals surface area contributed by atoms with Crippen molar-refractivity contribution in [2.45, 2.75) is 70.4 Å². The maximum absolute atomic E-state index is 12.2. The molecule has 4 atom stereocenters. The van der Waals surface area contributed by atoms with Gasteiger partial charge in [0.1, 0.15) is 6.61 Å². The minimum absolute atomic E-state index is 0.232. The van der Waals surface area contributed by atoms with Crippen LogP contribution in [0, 0.1) is 5.92 Å². The summed E-state index contributed by atoms with van der Waals surface area (Å²) in [6.45, 7) is 10.2. The maximum Gasteiger partial charge on any atom is 0.407 e. The van der Waals surface area contributed by atoms with Gasteiger partial charge < -0.3 is 19.7 Å². The Balaban J connectivity index is 1.42. The predicted molar refractivity (Wildman–Crippen MR) is 128 cm³/mol. The molecule has 2 saturated heterocycles. The normalized spacial score (nSPS) is 31.5. The third-order valence-corrected chi connectivity index (χ3v) is 7.79. The molecule has 1 aromatic carbocycles. The van der Waals surface area contributed by atoms with Crippen LogP contribution in [-0.2, 0) is 16.1 Å². The number of carbonyl (C=O) groups is 1. The molecule has 3 heterocycles. The second-order valence-electron chi connectivity index (χ2n) is 10.2. The highest BCUT2D eigenvalue weighted by molar-refractivity contribution is 5.67. The number of nitrogens with one attached hydrogen (secondary N) is 3. The smallest absolute Gasteiger partial charge is 0.407 e. The molecule has 1 aromatic rings. The van der Waals surface area contributed by atoms with Gasteiger partial charge in [-0.05, 0) is 68.7 Å². The van der Waals surface area contributed by atoms with Crippen molar-refractivity contribution in [1.82, 2.24) is 21.1 Å². The van der Waals surface area contributed by atoms with E-state index in [4.69, 9.17) is 9.47 Å². The Morgan fingerprint density at radius 1 is 1.06 bits per heavy atom. The summed E-state index contributed by atoms with van der Waals surface area (Å²) in [5, 5.41) is 2.86. The van der Waals surface area contributed by atoms with Gasteiger partial charge in [-0.2, -0.15) is 0 Å². The van der Waals surface area contributed by atoms with Gasteiger partial charge in [-0.1, -0.05) is 6.07 Å². The van der Waals surface area contributed by atoms with Crippen molar-refractivity contribution in [3.05, 3.63) is 29.3 Å². The molecule has 0 aromatic heterocycles. The minimum atomic E-state index is -0.359. The summed E-state index contributed by atoms with van der Waals surface area (Å²) in [5.74, 6) is 0.496.